The highest BCUT2D eigenvalue weighted by molar-refractivity contribution is 9.10. The van der Waals surface area contributed by atoms with Crippen LogP contribution in [-0.4, -0.2) is 16.3 Å². The maximum Gasteiger partial charge on any atom is 0.103 e. The molecule has 110 valence electrons. The van der Waals surface area contributed by atoms with Crippen molar-refractivity contribution in [1.29, 1.82) is 0 Å². The third-order valence-electron chi connectivity index (χ3n) is 5.52. The van der Waals surface area contributed by atoms with Crippen LogP contribution in [0.4, 0.5) is 0 Å². The molecule has 3 aliphatic rings. The molecule has 2 N–H and O–H groups in total. The van der Waals surface area contributed by atoms with E-state index in [1.54, 1.807) is 0 Å². The van der Waals surface area contributed by atoms with Gasteiger partial charge in [-0.15, -0.1) is 0 Å². The van der Waals surface area contributed by atoms with Crippen LogP contribution in [-0.2, 0) is 6.42 Å². The van der Waals surface area contributed by atoms with Gasteiger partial charge in [-0.3, -0.25) is 0 Å². The van der Waals surface area contributed by atoms with E-state index < -0.39 is 6.10 Å². The Labute approximate surface area is 133 Å². The summed E-state index contributed by atoms with van der Waals surface area (Å²) in [6.07, 6.45) is 5.89. The molecule has 1 fully saturated rings. The molecular weight excluding hydrogens is 328 g/mol. The van der Waals surface area contributed by atoms with Crippen molar-refractivity contribution in [3.05, 3.63) is 51.7 Å². The lowest BCUT2D eigenvalue weighted by atomic mass is 9.83. The third kappa shape index (κ3) is 1.80. The van der Waals surface area contributed by atoms with Gasteiger partial charge >= 0.3 is 0 Å². The number of aryl methyl sites for hydroxylation is 1. The fraction of sp³-hybridized carbons (Fsp3) is 0.444. The summed E-state index contributed by atoms with van der Waals surface area (Å²) >= 11 is 3.51. The van der Waals surface area contributed by atoms with Gasteiger partial charge in [0.05, 0.1) is 6.10 Å². The molecule has 0 aromatic heterocycles. The Morgan fingerprint density at radius 1 is 1.24 bits per heavy atom. The Balaban J connectivity index is 1.84. The standard InChI is InChI=1S/C18H19BrO2/c1-2-9-5-6-12(19)8-13(9)16-17(20)14-10-3-4-11(7-10)15(14)18(16)21/h3-6,8,10-11,14-15,17,20-21H,2,7H2,1H3/t10?,11?,14-,15+,17?/m1/s1. The summed E-state index contributed by atoms with van der Waals surface area (Å²) in [6.45, 7) is 2.11. The minimum absolute atomic E-state index is 0.119. The van der Waals surface area contributed by atoms with E-state index in [1.807, 2.05) is 12.1 Å². The second-order valence-electron chi connectivity index (χ2n) is 6.45. The Morgan fingerprint density at radius 2 is 2.00 bits per heavy atom. The topological polar surface area (TPSA) is 40.5 Å². The highest BCUT2D eigenvalue weighted by Crippen LogP contribution is 2.58. The highest BCUT2D eigenvalue weighted by atomic mass is 79.9. The van der Waals surface area contributed by atoms with Crippen LogP contribution in [0.25, 0.3) is 5.57 Å². The van der Waals surface area contributed by atoms with Crippen LogP contribution >= 0.6 is 15.9 Å². The zero-order chi connectivity index (χ0) is 14.7. The van der Waals surface area contributed by atoms with Gasteiger partial charge in [-0.05, 0) is 47.9 Å². The molecule has 0 spiro atoms. The van der Waals surface area contributed by atoms with Gasteiger partial charge in [-0.2, -0.15) is 0 Å². The van der Waals surface area contributed by atoms with Gasteiger partial charge in [-0.1, -0.05) is 41.1 Å². The van der Waals surface area contributed by atoms with E-state index in [-0.39, 0.29) is 11.8 Å². The number of aliphatic hydroxyl groups is 2. The van der Waals surface area contributed by atoms with Crippen LogP contribution in [0.5, 0.6) is 0 Å². The quantitative estimate of drug-likeness (QED) is 0.791. The molecule has 0 saturated heterocycles. The van der Waals surface area contributed by atoms with Gasteiger partial charge in [-0.25, -0.2) is 0 Å². The third-order valence-corrected chi connectivity index (χ3v) is 6.01. The monoisotopic (exact) mass is 346 g/mol. The van der Waals surface area contributed by atoms with E-state index in [4.69, 9.17) is 0 Å². The molecule has 1 aromatic rings. The molecule has 2 nitrogen and oxygen atoms in total. The second kappa shape index (κ2) is 4.72. The minimum atomic E-state index is -0.547. The van der Waals surface area contributed by atoms with Gasteiger partial charge in [0.1, 0.15) is 5.76 Å². The molecule has 4 rings (SSSR count). The van der Waals surface area contributed by atoms with Crippen molar-refractivity contribution in [3.63, 3.8) is 0 Å². The zero-order valence-corrected chi connectivity index (χ0v) is 13.5. The zero-order valence-electron chi connectivity index (χ0n) is 12.0. The first-order valence-electron chi connectivity index (χ1n) is 7.70. The fourth-order valence-corrected chi connectivity index (χ4v) is 4.97. The molecule has 1 saturated carbocycles. The number of rotatable bonds is 2. The number of hydrogen-bond donors (Lipinski definition) is 2. The predicted molar refractivity (Wildman–Crippen MR) is 86.8 cm³/mol. The molecule has 0 heterocycles. The number of benzene rings is 1. The van der Waals surface area contributed by atoms with Crippen molar-refractivity contribution < 1.29 is 10.2 Å². The lowest BCUT2D eigenvalue weighted by Gasteiger charge is -2.24. The van der Waals surface area contributed by atoms with Gasteiger partial charge in [0.15, 0.2) is 0 Å². The lowest BCUT2D eigenvalue weighted by Crippen LogP contribution is -2.26. The number of fused-ring (bicyclic) bond motifs is 5. The fourth-order valence-electron chi connectivity index (χ4n) is 4.60. The van der Waals surface area contributed by atoms with Gasteiger partial charge in [0.2, 0.25) is 0 Å². The van der Waals surface area contributed by atoms with Gasteiger partial charge in [0.25, 0.3) is 0 Å². The van der Waals surface area contributed by atoms with Crippen LogP contribution in [0.15, 0.2) is 40.6 Å². The summed E-state index contributed by atoms with van der Waals surface area (Å²) in [5.74, 6) is 1.54. The normalized spacial score (nSPS) is 36.6. The van der Waals surface area contributed by atoms with Crippen molar-refractivity contribution in [2.75, 3.05) is 0 Å². The molecular formula is C18H19BrO2. The molecule has 3 aliphatic carbocycles. The minimum Gasteiger partial charge on any atom is -0.512 e. The maximum atomic E-state index is 10.8. The summed E-state index contributed by atoms with van der Waals surface area (Å²) in [5, 5.41) is 21.6. The number of halogens is 1. The van der Waals surface area contributed by atoms with Crippen molar-refractivity contribution in [2.45, 2.75) is 25.9 Å². The van der Waals surface area contributed by atoms with E-state index in [9.17, 15) is 10.2 Å². The van der Waals surface area contributed by atoms with Crippen LogP contribution in [0, 0.1) is 23.7 Å². The van der Waals surface area contributed by atoms with Crippen molar-refractivity contribution in [3.8, 4) is 0 Å². The van der Waals surface area contributed by atoms with E-state index in [0.717, 1.165) is 28.5 Å². The molecule has 0 aliphatic heterocycles. The van der Waals surface area contributed by atoms with Crippen LogP contribution < -0.4 is 0 Å². The number of hydrogen-bond acceptors (Lipinski definition) is 2. The molecule has 2 bridgehead atoms. The Morgan fingerprint density at radius 3 is 2.71 bits per heavy atom. The first kappa shape index (κ1) is 13.6. The van der Waals surface area contributed by atoms with Crippen LogP contribution in [0.2, 0.25) is 0 Å². The largest absolute Gasteiger partial charge is 0.512 e. The summed E-state index contributed by atoms with van der Waals surface area (Å²) in [5.41, 5.74) is 2.95. The maximum absolute atomic E-state index is 10.8. The van der Waals surface area contributed by atoms with Crippen molar-refractivity contribution in [1.82, 2.24) is 0 Å². The Hall–Kier alpha value is -1.06. The van der Waals surface area contributed by atoms with E-state index in [1.165, 1.54) is 5.56 Å². The van der Waals surface area contributed by atoms with Crippen molar-refractivity contribution >= 4 is 21.5 Å². The molecule has 3 unspecified atom stereocenters. The van der Waals surface area contributed by atoms with E-state index in [0.29, 0.717) is 17.6 Å². The van der Waals surface area contributed by atoms with E-state index >= 15 is 0 Å². The van der Waals surface area contributed by atoms with Gasteiger partial charge < -0.3 is 10.2 Å². The molecule has 5 atom stereocenters. The first-order chi connectivity index (χ1) is 10.1. The summed E-state index contributed by atoms with van der Waals surface area (Å²) in [7, 11) is 0. The van der Waals surface area contributed by atoms with Gasteiger partial charge in [0, 0.05) is 21.9 Å². The van der Waals surface area contributed by atoms with Crippen molar-refractivity contribution in [2.24, 2.45) is 23.7 Å². The smallest absolute Gasteiger partial charge is 0.103 e. The molecule has 1 aromatic carbocycles. The number of aliphatic hydroxyl groups excluding tert-OH is 2. The lowest BCUT2D eigenvalue weighted by molar-refractivity contribution is 0.130. The second-order valence-corrected chi connectivity index (χ2v) is 7.37. The summed E-state index contributed by atoms with van der Waals surface area (Å²) in [4.78, 5) is 0. The Kier molecular flexibility index (Phi) is 3.05. The molecule has 0 amide bonds. The van der Waals surface area contributed by atoms with Crippen LogP contribution in [0.3, 0.4) is 0 Å². The first-order valence-corrected chi connectivity index (χ1v) is 8.49. The average Bonchev–Trinajstić information content (AvgIpc) is 3.13. The van der Waals surface area contributed by atoms with Crippen LogP contribution in [0.1, 0.15) is 24.5 Å². The van der Waals surface area contributed by atoms with E-state index in [2.05, 4.69) is 41.1 Å². The molecule has 0 radical (unpaired) electrons. The summed E-state index contributed by atoms with van der Waals surface area (Å²) in [6, 6.07) is 6.13. The predicted octanol–water partition coefficient (Wildman–Crippen LogP) is 4.09. The SMILES string of the molecule is CCc1ccc(Br)cc1C1=C(O)[C@H]2C3C=CC(C3)[C@H]2C1O. The highest BCUT2D eigenvalue weighted by Gasteiger charge is 2.55. The molecule has 3 heteroatoms. The number of allylic oxidation sites excluding steroid dienone is 3. The Bertz CT molecular complexity index is 661. The average molecular weight is 347 g/mol. The summed E-state index contributed by atoms with van der Waals surface area (Å²) < 4.78 is 0.986. The molecule has 21 heavy (non-hydrogen) atoms.